The van der Waals surface area contributed by atoms with E-state index in [4.69, 9.17) is 12.2 Å². The number of rotatable bonds is 3. The van der Waals surface area contributed by atoms with Crippen LogP contribution >= 0.6 is 12.2 Å². The second kappa shape index (κ2) is 9.82. The predicted molar refractivity (Wildman–Crippen MR) is 137 cm³/mol. The fourth-order valence-electron chi connectivity index (χ4n) is 3.73. The highest BCUT2D eigenvalue weighted by molar-refractivity contribution is 7.81. The molecule has 0 radical (unpaired) electrons. The Hall–Kier alpha value is -2.77. The van der Waals surface area contributed by atoms with E-state index >= 15 is 0 Å². The molecule has 0 amide bonds. The predicted octanol–water partition coefficient (Wildman–Crippen LogP) is 8.61. The summed E-state index contributed by atoms with van der Waals surface area (Å²) in [5, 5.41) is 2.49. The highest BCUT2D eigenvalue weighted by Gasteiger charge is 2.13. The van der Waals surface area contributed by atoms with E-state index in [0.717, 1.165) is 16.0 Å². The van der Waals surface area contributed by atoms with Gasteiger partial charge in [0.1, 0.15) is 0 Å². The fourth-order valence-corrected chi connectivity index (χ4v) is 4.04. The van der Waals surface area contributed by atoms with Crippen LogP contribution in [0.4, 0.5) is 0 Å². The molecular formula is C29H30S. The summed E-state index contributed by atoms with van der Waals surface area (Å²) < 4.78 is 0. The van der Waals surface area contributed by atoms with Gasteiger partial charge in [-0.1, -0.05) is 105 Å². The van der Waals surface area contributed by atoms with E-state index < -0.39 is 0 Å². The van der Waals surface area contributed by atoms with Gasteiger partial charge in [-0.2, -0.15) is 0 Å². The molecule has 0 unspecified atom stereocenters. The normalized spacial score (nSPS) is 10.4. The SMILES string of the molecule is CCC.Cc1ccccc1-c1cc(C(=S)c2ccc(C)c3ccccc23)ccc1C. The van der Waals surface area contributed by atoms with Crippen LogP contribution in [0, 0.1) is 20.8 Å². The molecule has 152 valence electrons. The first-order valence-electron chi connectivity index (χ1n) is 10.7. The zero-order valence-electron chi connectivity index (χ0n) is 18.6. The van der Waals surface area contributed by atoms with Crippen LogP contribution in [0.15, 0.2) is 78.9 Å². The Morgan fingerprint density at radius 1 is 0.633 bits per heavy atom. The van der Waals surface area contributed by atoms with Gasteiger partial charge in [-0.25, -0.2) is 0 Å². The first kappa shape index (κ1) is 21.9. The molecule has 4 aromatic rings. The third-order valence-corrected chi connectivity index (χ3v) is 5.78. The summed E-state index contributed by atoms with van der Waals surface area (Å²) in [6.45, 7) is 10.7. The zero-order valence-corrected chi connectivity index (χ0v) is 19.4. The first-order chi connectivity index (χ1) is 14.5. The van der Waals surface area contributed by atoms with E-state index in [1.54, 1.807) is 0 Å². The molecule has 4 aromatic carbocycles. The van der Waals surface area contributed by atoms with Gasteiger partial charge in [-0.15, -0.1) is 0 Å². The summed E-state index contributed by atoms with van der Waals surface area (Å²) >= 11 is 5.94. The lowest BCUT2D eigenvalue weighted by Gasteiger charge is -2.14. The van der Waals surface area contributed by atoms with Crippen molar-refractivity contribution in [2.75, 3.05) is 0 Å². The van der Waals surface area contributed by atoms with Crippen molar-refractivity contribution in [1.29, 1.82) is 0 Å². The minimum Gasteiger partial charge on any atom is -0.0788 e. The Bertz CT molecular complexity index is 1180. The Labute approximate surface area is 186 Å². The Morgan fingerprint density at radius 3 is 1.90 bits per heavy atom. The third kappa shape index (κ3) is 4.52. The number of thiocarbonyl (C=S) groups is 1. The summed E-state index contributed by atoms with van der Waals surface area (Å²) in [4.78, 5) is 0.904. The largest absolute Gasteiger partial charge is 0.0788 e. The molecule has 0 atom stereocenters. The molecule has 0 aliphatic carbocycles. The van der Waals surface area contributed by atoms with Crippen LogP contribution in [-0.4, -0.2) is 4.86 Å². The van der Waals surface area contributed by atoms with Crippen LogP contribution in [-0.2, 0) is 0 Å². The molecule has 0 fully saturated rings. The maximum atomic E-state index is 5.94. The molecule has 0 aromatic heterocycles. The number of aryl methyl sites for hydroxylation is 3. The Balaban J connectivity index is 0.000000806. The molecule has 0 spiro atoms. The zero-order chi connectivity index (χ0) is 21.7. The average Bonchev–Trinajstić information content (AvgIpc) is 2.75. The smallest absolute Gasteiger partial charge is 0.0528 e. The van der Waals surface area contributed by atoms with Gasteiger partial charge < -0.3 is 0 Å². The van der Waals surface area contributed by atoms with E-state index in [0.29, 0.717) is 0 Å². The van der Waals surface area contributed by atoms with Gasteiger partial charge >= 0.3 is 0 Å². The van der Waals surface area contributed by atoms with E-state index in [2.05, 4.69) is 113 Å². The van der Waals surface area contributed by atoms with Crippen molar-refractivity contribution in [2.45, 2.75) is 41.0 Å². The van der Waals surface area contributed by atoms with Crippen LogP contribution in [0.5, 0.6) is 0 Å². The lowest BCUT2D eigenvalue weighted by Crippen LogP contribution is -2.02. The van der Waals surface area contributed by atoms with Gasteiger partial charge in [0, 0.05) is 5.56 Å². The van der Waals surface area contributed by atoms with Crippen LogP contribution in [0.1, 0.15) is 48.1 Å². The van der Waals surface area contributed by atoms with E-state index in [-0.39, 0.29) is 0 Å². The van der Waals surface area contributed by atoms with Crippen molar-refractivity contribution in [3.8, 4) is 11.1 Å². The monoisotopic (exact) mass is 410 g/mol. The number of hydrogen-bond acceptors (Lipinski definition) is 1. The maximum Gasteiger partial charge on any atom is 0.0528 e. The van der Waals surface area contributed by atoms with Crippen LogP contribution in [0.25, 0.3) is 21.9 Å². The summed E-state index contributed by atoms with van der Waals surface area (Å²) in [6.07, 6.45) is 1.25. The van der Waals surface area contributed by atoms with Crippen molar-refractivity contribution < 1.29 is 0 Å². The lowest BCUT2D eigenvalue weighted by molar-refractivity contribution is 1.09. The van der Waals surface area contributed by atoms with Crippen LogP contribution in [0.2, 0.25) is 0 Å². The van der Waals surface area contributed by atoms with Crippen molar-refractivity contribution in [3.05, 3.63) is 107 Å². The Kier molecular flexibility index (Phi) is 7.18. The highest BCUT2D eigenvalue weighted by Crippen LogP contribution is 2.30. The minimum atomic E-state index is 0.904. The minimum absolute atomic E-state index is 0.904. The molecule has 0 aliphatic rings. The summed E-state index contributed by atoms with van der Waals surface area (Å²) in [5.74, 6) is 0. The molecular weight excluding hydrogens is 380 g/mol. The molecule has 0 aliphatic heterocycles. The lowest BCUT2D eigenvalue weighted by atomic mass is 9.91. The first-order valence-corrected chi connectivity index (χ1v) is 11.1. The molecule has 0 N–H and O–H groups in total. The van der Waals surface area contributed by atoms with Crippen LogP contribution < -0.4 is 0 Å². The second-order valence-electron chi connectivity index (χ2n) is 7.86. The van der Waals surface area contributed by atoms with Gasteiger partial charge in [-0.05, 0) is 71.0 Å². The standard InChI is InChI=1S/C26H22S.C3H8/c1-17-8-4-5-10-22(17)25-16-20(14-12-19(25)3)26(27)24-15-13-18(2)21-9-6-7-11-23(21)24;1-3-2/h4-16H,1-3H3;3H2,1-2H3. The quantitative estimate of drug-likeness (QED) is 0.241. The number of hydrogen-bond donors (Lipinski definition) is 0. The number of benzene rings is 4. The van der Waals surface area contributed by atoms with Gasteiger partial charge in [-0.3, -0.25) is 0 Å². The molecule has 1 heteroatoms. The topological polar surface area (TPSA) is 0 Å². The van der Waals surface area contributed by atoms with Crippen molar-refractivity contribution in [3.63, 3.8) is 0 Å². The second-order valence-corrected chi connectivity index (χ2v) is 8.26. The summed E-state index contributed by atoms with van der Waals surface area (Å²) in [5.41, 5.74) is 8.59. The van der Waals surface area contributed by atoms with Crippen molar-refractivity contribution in [2.24, 2.45) is 0 Å². The highest BCUT2D eigenvalue weighted by atomic mass is 32.1. The molecule has 0 heterocycles. The van der Waals surface area contributed by atoms with E-state index in [9.17, 15) is 0 Å². The Morgan fingerprint density at radius 2 is 1.20 bits per heavy atom. The van der Waals surface area contributed by atoms with Crippen molar-refractivity contribution >= 4 is 27.9 Å². The van der Waals surface area contributed by atoms with Gasteiger partial charge in [0.25, 0.3) is 0 Å². The molecule has 0 nitrogen and oxygen atoms in total. The fraction of sp³-hybridized carbons (Fsp3) is 0.207. The third-order valence-electron chi connectivity index (χ3n) is 5.32. The van der Waals surface area contributed by atoms with Gasteiger partial charge in [0.2, 0.25) is 0 Å². The van der Waals surface area contributed by atoms with Crippen molar-refractivity contribution in [1.82, 2.24) is 0 Å². The molecule has 0 saturated heterocycles. The van der Waals surface area contributed by atoms with Gasteiger partial charge in [0.15, 0.2) is 0 Å². The molecule has 0 saturated carbocycles. The number of fused-ring (bicyclic) bond motifs is 1. The molecule has 0 bridgehead atoms. The maximum absolute atomic E-state index is 5.94. The van der Waals surface area contributed by atoms with Gasteiger partial charge in [0.05, 0.1) is 4.86 Å². The van der Waals surface area contributed by atoms with E-state index in [1.807, 2.05) is 0 Å². The molecule has 30 heavy (non-hydrogen) atoms. The average molecular weight is 411 g/mol. The summed E-state index contributed by atoms with van der Waals surface area (Å²) in [7, 11) is 0. The van der Waals surface area contributed by atoms with E-state index in [1.165, 1.54) is 45.0 Å². The van der Waals surface area contributed by atoms with Crippen LogP contribution in [0.3, 0.4) is 0 Å². The summed E-state index contributed by atoms with van der Waals surface area (Å²) in [6, 6.07) is 27.9. The molecule has 4 rings (SSSR count).